The molecule has 0 unspecified atom stereocenters. The highest BCUT2D eigenvalue weighted by Gasteiger charge is 2.07. The zero-order chi connectivity index (χ0) is 19.1. The molecule has 2 N–H and O–H groups in total. The molecule has 0 bridgehead atoms. The van der Waals surface area contributed by atoms with Crippen molar-refractivity contribution in [3.05, 3.63) is 83.7 Å². The normalized spacial score (nSPS) is 10.6. The van der Waals surface area contributed by atoms with E-state index in [0.717, 1.165) is 16.3 Å². The molecular formula is C22H21FN2O2. The maximum absolute atomic E-state index is 13.1. The quantitative estimate of drug-likeness (QED) is 0.675. The number of fused-ring (bicyclic) bond motifs is 1. The Bertz CT molecular complexity index is 956. The van der Waals surface area contributed by atoms with E-state index in [1.54, 1.807) is 12.1 Å². The van der Waals surface area contributed by atoms with Crippen LogP contribution in [-0.2, 0) is 11.2 Å². The van der Waals surface area contributed by atoms with Gasteiger partial charge in [0, 0.05) is 25.1 Å². The van der Waals surface area contributed by atoms with Crippen LogP contribution in [0, 0.1) is 5.82 Å². The second-order valence-electron chi connectivity index (χ2n) is 6.30. The third-order valence-electron chi connectivity index (χ3n) is 4.27. The van der Waals surface area contributed by atoms with Crippen LogP contribution in [0.1, 0.15) is 22.3 Å². The average molecular weight is 364 g/mol. The molecule has 0 aliphatic heterocycles. The van der Waals surface area contributed by atoms with Crippen LogP contribution >= 0.6 is 0 Å². The zero-order valence-corrected chi connectivity index (χ0v) is 14.9. The average Bonchev–Trinajstić information content (AvgIpc) is 2.67. The molecule has 0 atom stereocenters. The van der Waals surface area contributed by atoms with Crippen LogP contribution in [0.25, 0.3) is 10.8 Å². The minimum absolute atomic E-state index is 0.148. The molecule has 5 heteroatoms. The lowest BCUT2D eigenvalue weighted by molar-refractivity contribution is -0.120. The Kier molecular flexibility index (Phi) is 6.15. The molecule has 0 saturated carbocycles. The largest absolute Gasteiger partial charge is 0.356 e. The van der Waals surface area contributed by atoms with Crippen LogP contribution in [0.15, 0.2) is 66.7 Å². The van der Waals surface area contributed by atoms with E-state index < -0.39 is 0 Å². The van der Waals surface area contributed by atoms with Gasteiger partial charge in [-0.05, 0) is 47.0 Å². The topological polar surface area (TPSA) is 58.2 Å². The molecule has 0 spiro atoms. The van der Waals surface area contributed by atoms with Crippen LogP contribution in [0.2, 0.25) is 0 Å². The van der Waals surface area contributed by atoms with Gasteiger partial charge in [-0.1, -0.05) is 42.5 Å². The summed E-state index contributed by atoms with van der Waals surface area (Å²) in [6.07, 6.45) is 0.759. The van der Waals surface area contributed by atoms with Crippen LogP contribution in [0.3, 0.4) is 0 Å². The minimum atomic E-state index is -0.282. The third kappa shape index (κ3) is 5.38. The number of hydrogen-bond donors (Lipinski definition) is 2. The maximum Gasteiger partial charge on any atom is 0.251 e. The number of rotatable bonds is 7. The van der Waals surface area contributed by atoms with Gasteiger partial charge in [0.2, 0.25) is 5.91 Å². The minimum Gasteiger partial charge on any atom is -0.356 e. The van der Waals surface area contributed by atoms with E-state index in [4.69, 9.17) is 0 Å². The molecule has 3 rings (SSSR count). The second kappa shape index (κ2) is 8.94. The number of carbonyl (C=O) groups excluding carboxylic acids is 2. The van der Waals surface area contributed by atoms with E-state index in [2.05, 4.69) is 10.6 Å². The van der Waals surface area contributed by atoms with E-state index in [1.807, 2.05) is 42.5 Å². The fourth-order valence-corrected chi connectivity index (χ4v) is 2.85. The van der Waals surface area contributed by atoms with Gasteiger partial charge in [0.25, 0.3) is 5.91 Å². The molecule has 0 heterocycles. The van der Waals surface area contributed by atoms with Crippen molar-refractivity contribution in [3.8, 4) is 0 Å². The predicted octanol–water partition coefficient (Wildman–Crippen LogP) is 3.46. The van der Waals surface area contributed by atoms with Crippen molar-refractivity contribution in [3.63, 3.8) is 0 Å². The van der Waals surface area contributed by atoms with Gasteiger partial charge < -0.3 is 10.6 Å². The molecule has 0 saturated heterocycles. The highest BCUT2D eigenvalue weighted by molar-refractivity contribution is 5.98. The van der Waals surface area contributed by atoms with Gasteiger partial charge in [0.1, 0.15) is 5.82 Å². The smallest absolute Gasteiger partial charge is 0.251 e. The van der Waals surface area contributed by atoms with Crippen molar-refractivity contribution in [2.24, 2.45) is 0 Å². The summed E-state index contributed by atoms with van der Waals surface area (Å²) < 4.78 is 13.1. The molecule has 138 valence electrons. The molecule has 0 aliphatic rings. The summed E-state index contributed by atoms with van der Waals surface area (Å²) in [7, 11) is 0. The molecule has 0 aliphatic carbocycles. The molecule has 0 aromatic heterocycles. The number of benzene rings is 3. The summed E-state index contributed by atoms with van der Waals surface area (Å²) in [6.45, 7) is 0.693. The number of nitrogens with one attached hydrogen (secondary N) is 2. The number of carbonyl (C=O) groups is 2. The first kappa shape index (κ1) is 18.6. The van der Waals surface area contributed by atoms with Gasteiger partial charge in [0.05, 0.1) is 0 Å². The van der Waals surface area contributed by atoms with Gasteiger partial charge >= 0.3 is 0 Å². The van der Waals surface area contributed by atoms with Crippen molar-refractivity contribution in [2.75, 3.05) is 13.1 Å². The summed E-state index contributed by atoms with van der Waals surface area (Å²) >= 11 is 0. The summed E-state index contributed by atoms with van der Waals surface area (Å²) in [5.74, 6) is -0.631. The highest BCUT2D eigenvalue weighted by atomic mass is 19.1. The number of hydrogen-bond acceptors (Lipinski definition) is 2. The van der Waals surface area contributed by atoms with Crippen LogP contribution in [-0.4, -0.2) is 24.9 Å². The van der Waals surface area contributed by atoms with Crippen molar-refractivity contribution >= 4 is 22.6 Å². The third-order valence-corrected chi connectivity index (χ3v) is 4.27. The first-order chi connectivity index (χ1) is 13.1. The summed E-state index contributed by atoms with van der Waals surface area (Å²) in [5.41, 5.74) is 1.40. The highest BCUT2D eigenvalue weighted by Crippen LogP contribution is 2.15. The number of amides is 2. The molecule has 3 aromatic carbocycles. The predicted molar refractivity (Wildman–Crippen MR) is 104 cm³/mol. The summed E-state index contributed by atoms with van der Waals surface area (Å²) in [4.78, 5) is 24.1. The van der Waals surface area contributed by atoms with Gasteiger partial charge in [-0.15, -0.1) is 0 Å². The Morgan fingerprint density at radius 3 is 2.44 bits per heavy atom. The van der Waals surface area contributed by atoms with Crippen molar-refractivity contribution in [2.45, 2.75) is 12.8 Å². The Morgan fingerprint density at radius 1 is 0.815 bits per heavy atom. The molecule has 27 heavy (non-hydrogen) atoms. The van der Waals surface area contributed by atoms with E-state index in [0.29, 0.717) is 18.5 Å². The SMILES string of the molecule is O=C(CCNC(=O)c1ccc2ccccc2c1)NCCc1cccc(F)c1. The first-order valence-electron chi connectivity index (χ1n) is 8.90. The standard InChI is InChI=1S/C22H21FN2O2/c23-20-7-3-4-16(14-20)10-12-24-21(26)11-13-25-22(27)19-9-8-17-5-1-2-6-18(17)15-19/h1-9,14-15H,10-13H2,(H,24,26)(H,25,27). The summed E-state index contributed by atoms with van der Waals surface area (Å²) in [5, 5.41) is 7.61. The van der Waals surface area contributed by atoms with E-state index in [-0.39, 0.29) is 30.6 Å². The fourth-order valence-electron chi connectivity index (χ4n) is 2.85. The van der Waals surface area contributed by atoms with Gasteiger partial charge in [-0.3, -0.25) is 9.59 Å². The summed E-state index contributed by atoms with van der Waals surface area (Å²) in [6, 6.07) is 19.7. The molecule has 3 aromatic rings. The molecule has 0 fully saturated rings. The van der Waals surface area contributed by atoms with Crippen molar-refractivity contribution in [1.29, 1.82) is 0 Å². The first-order valence-corrected chi connectivity index (χ1v) is 8.90. The lowest BCUT2D eigenvalue weighted by atomic mass is 10.1. The maximum atomic E-state index is 13.1. The monoisotopic (exact) mass is 364 g/mol. The van der Waals surface area contributed by atoms with E-state index in [9.17, 15) is 14.0 Å². The zero-order valence-electron chi connectivity index (χ0n) is 14.9. The fraction of sp³-hybridized carbons (Fsp3) is 0.182. The van der Waals surface area contributed by atoms with Gasteiger partial charge in [-0.25, -0.2) is 4.39 Å². The Labute approximate surface area is 157 Å². The van der Waals surface area contributed by atoms with Gasteiger partial charge in [0.15, 0.2) is 0 Å². The van der Waals surface area contributed by atoms with Crippen LogP contribution in [0.4, 0.5) is 4.39 Å². The lowest BCUT2D eigenvalue weighted by Gasteiger charge is -2.08. The van der Waals surface area contributed by atoms with Crippen molar-refractivity contribution < 1.29 is 14.0 Å². The molecule has 2 amide bonds. The van der Waals surface area contributed by atoms with Crippen molar-refractivity contribution in [1.82, 2.24) is 10.6 Å². The second-order valence-corrected chi connectivity index (χ2v) is 6.30. The Balaban J connectivity index is 1.40. The Hall–Kier alpha value is -3.21. The molecular weight excluding hydrogens is 343 g/mol. The van der Waals surface area contributed by atoms with Crippen LogP contribution in [0.5, 0.6) is 0 Å². The lowest BCUT2D eigenvalue weighted by Crippen LogP contribution is -2.31. The van der Waals surface area contributed by atoms with E-state index >= 15 is 0 Å². The van der Waals surface area contributed by atoms with Crippen LogP contribution < -0.4 is 10.6 Å². The van der Waals surface area contributed by atoms with Gasteiger partial charge in [-0.2, -0.15) is 0 Å². The molecule has 4 nitrogen and oxygen atoms in total. The number of halogens is 1. The Morgan fingerprint density at radius 2 is 1.63 bits per heavy atom. The van der Waals surface area contributed by atoms with E-state index in [1.165, 1.54) is 12.1 Å². The molecule has 0 radical (unpaired) electrons.